The van der Waals surface area contributed by atoms with Crippen molar-refractivity contribution >= 4 is 22.1 Å². The molecule has 0 bridgehead atoms. The largest absolute Gasteiger partial charge is 0.313 e. The SMILES string of the molecule is CCCNC1CCCCCC1S(=O)c1cccs1. The third kappa shape index (κ3) is 3.65. The Labute approximate surface area is 117 Å². The van der Waals surface area contributed by atoms with Crippen molar-refractivity contribution in [1.82, 2.24) is 5.32 Å². The van der Waals surface area contributed by atoms with Crippen molar-refractivity contribution in [3.8, 4) is 0 Å². The van der Waals surface area contributed by atoms with Crippen LogP contribution in [0.2, 0.25) is 0 Å². The molecule has 3 unspecified atom stereocenters. The predicted molar refractivity (Wildman–Crippen MR) is 79.7 cm³/mol. The van der Waals surface area contributed by atoms with E-state index in [0.717, 1.165) is 23.6 Å². The molecule has 1 saturated carbocycles. The molecule has 0 aliphatic heterocycles. The maximum Gasteiger partial charge on any atom is 0.0914 e. The monoisotopic (exact) mass is 285 g/mol. The molecule has 1 fully saturated rings. The van der Waals surface area contributed by atoms with Crippen molar-refractivity contribution in [3.05, 3.63) is 17.5 Å². The van der Waals surface area contributed by atoms with E-state index in [2.05, 4.69) is 12.2 Å². The van der Waals surface area contributed by atoms with E-state index in [1.54, 1.807) is 11.3 Å². The molecule has 0 aromatic carbocycles. The van der Waals surface area contributed by atoms with Crippen LogP contribution < -0.4 is 5.32 Å². The maximum atomic E-state index is 12.7. The summed E-state index contributed by atoms with van der Waals surface area (Å²) in [5, 5.41) is 5.95. The van der Waals surface area contributed by atoms with Crippen LogP contribution in [0.4, 0.5) is 0 Å². The zero-order chi connectivity index (χ0) is 12.8. The van der Waals surface area contributed by atoms with Crippen LogP contribution in [0.5, 0.6) is 0 Å². The lowest BCUT2D eigenvalue weighted by Crippen LogP contribution is -2.41. The van der Waals surface area contributed by atoms with Gasteiger partial charge in [0.1, 0.15) is 0 Å². The van der Waals surface area contributed by atoms with Crippen molar-refractivity contribution in [1.29, 1.82) is 0 Å². The van der Waals surface area contributed by atoms with Crippen molar-refractivity contribution in [2.75, 3.05) is 6.54 Å². The zero-order valence-electron chi connectivity index (χ0n) is 11.1. The van der Waals surface area contributed by atoms with E-state index in [0.29, 0.717) is 11.3 Å². The minimum atomic E-state index is -0.827. The average molecular weight is 285 g/mol. The van der Waals surface area contributed by atoms with Gasteiger partial charge in [-0.25, -0.2) is 0 Å². The van der Waals surface area contributed by atoms with Crippen LogP contribution in [0.25, 0.3) is 0 Å². The lowest BCUT2D eigenvalue weighted by atomic mass is 10.1. The Morgan fingerprint density at radius 2 is 2.22 bits per heavy atom. The summed E-state index contributed by atoms with van der Waals surface area (Å²) in [6.07, 6.45) is 7.23. The van der Waals surface area contributed by atoms with Crippen molar-refractivity contribution in [3.63, 3.8) is 0 Å². The molecule has 0 spiro atoms. The fraction of sp³-hybridized carbons (Fsp3) is 0.714. The van der Waals surface area contributed by atoms with Crippen molar-refractivity contribution in [2.45, 2.75) is 60.9 Å². The summed E-state index contributed by atoms with van der Waals surface area (Å²) in [7, 11) is -0.827. The van der Waals surface area contributed by atoms with Gasteiger partial charge in [-0.2, -0.15) is 0 Å². The Bertz CT molecular complexity index is 364. The Hall–Kier alpha value is -0.190. The molecule has 1 N–H and O–H groups in total. The highest BCUT2D eigenvalue weighted by Gasteiger charge is 2.29. The van der Waals surface area contributed by atoms with Gasteiger partial charge in [-0.15, -0.1) is 11.3 Å². The normalized spacial score (nSPS) is 26.7. The summed E-state index contributed by atoms with van der Waals surface area (Å²) in [4.78, 5) is 0. The van der Waals surface area contributed by atoms with E-state index < -0.39 is 10.8 Å². The van der Waals surface area contributed by atoms with E-state index in [1.807, 2.05) is 17.5 Å². The van der Waals surface area contributed by atoms with Crippen LogP contribution in [0, 0.1) is 0 Å². The highest BCUT2D eigenvalue weighted by molar-refractivity contribution is 7.88. The molecule has 1 heterocycles. The predicted octanol–water partition coefficient (Wildman–Crippen LogP) is 3.56. The van der Waals surface area contributed by atoms with Crippen LogP contribution >= 0.6 is 11.3 Å². The van der Waals surface area contributed by atoms with E-state index in [9.17, 15) is 4.21 Å². The topological polar surface area (TPSA) is 29.1 Å². The molecule has 0 saturated heterocycles. The smallest absolute Gasteiger partial charge is 0.0914 e. The number of nitrogens with one attached hydrogen (secondary N) is 1. The third-order valence-corrected chi connectivity index (χ3v) is 6.67. The molecule has 2 rings (SSSR count). The molecule has 3 atom stereocenters. The minimum absolute atomic E-state index is 0.303. The summed E-state index contributed by atoms with van der Waals surface area (Å²) in [6, 6.07) is 4.46. The van der Waals surface area contributed by atoms with Crippen LogP contribution in [-0.4, -0.2) is 22.0 Å². The van der Waals surface area contributed by atoms with E-state index in [-0.39, 0.29) is 0 Å². The molecular weight excluding hydrogens is 262 g/mol. The van der Waals surface area contributed by atoms with Gasteiger partial charge in [0.25, 0.3) is 0 Å². The van der Waals surface area contributed by atoms with Crippen molar-refractivity contribution < 1.29 is 4.21 Å². The van der Waals surface area contributed by atoms with Gasteiger partial charge < -0.3 is 5.32 Å². The van der Waals surface area contributed by atoms with Gasteiger partial charge >= 0.3 is 0 Å². The summed E-state index contributed by atoms with van der Waals surface area (Å²) >= 11 is 1.63. The second-order valence-corrected chi connectivity index (χ2v) is 7.81. The summed E-state index contributed by atoms with van der Waals surface area (Å²) in [5.41, 5.74) is 0. The van der Waals surface area contributed by atoms with Crippen LogP contribution in [0.1, 0.15) is 45.4 Å². The lowest BCUT2D eigenvalue weighted by molar-refractivity contribution is 0.463. The van der Waals surface area contributed by atoms with Crippen LogP contribution in [-0.2, 0) is 10.8 Å². The standard InChI is InChI=1S/C14H23NOS2/c1-2-10-15-12-7-4-3-5-8-13(12)18(16)14-9-6-11-17-14/h6,9,11-13,15H,2-5,7-8,10H2,1H3. The van der Waals surface area contributed by atoms with Gasteiger partial charge in [-0.3, -0.25) is 4.21 Å². The fourth-order valence-electron chi connectivity index (χ4n) is 2.62. The van der Waals surface area contributed by atoms with E-state index in [4.69, 9.17) is 0 Å². The quantitative estimate of drug-likeness (QED) is 0.838. The molecule has 2 nitrogen and oxygen atoms in total. The lowest BCUT2D eigenvalue weighted by Gasteiger charge is -2.25. The molecule has 102 valence electrons. The van der Waals surface area contributed by atoms with Gasteiger partial charge in [-0.05, 0) is 37.3 Å². The highest BCUT2D eigenvalue weighted by atomic mass is 32.2. The summed E-state index contributed by atoms with van der Waals surface area (Å²) in [6.45, 7) is 3.23. The second kappa shape index (κ2) is 7.41. The summed E-state index contributed by atoms with van der Waals surface area (Å²) in [5.74, 6) is 0. The Morgan fingerprint density at radius 1 is 1.39 bits per heavy atom. The molecule has 1 aliphatic carbocycles. The summed E-state index contributed by atoms with van der Waals surface area (Å²) < 4.78 is 13.7. The molecule has 1 aliphatic rings. The number of hydrogen-bond donors (Lipinski definition) is 1. The Morgan fingerprint density at radius 3 is 2.94 bits per heavy atom. The van der Waals surface area contributed by atoms with Crippen molar-refractivity contribution in [2.24, 2.45) is 0 Å². The third-order valence-electron chi connectivity index (χ3n) is 3.58. The van der Waals surface area contributed by atoms with E-state index >= 15 is 0 Å². The molecule has 0 radical (unpaired) electrons. The van der Waals surface area contributed by atoms with Gasteiger partial charge in [0, 0.05) is 6.04 Å². The molecule has 1 aromatic heterocycles. The second-order valence-electron chi connectivity index (χ2n) is 4.97. The van der Waals surface area contributed by atoms with E-state index in [1.165, 1.54) is 25.7 Å². The van der Waals surface area contributed by atoms with Gasteiger partial charge in [0.15, 0.2) is 0 Å². The first-order valence-electron chi connectivity index (χ1n) is 7.00. The molecular formula is C14H23NOS2. The fourth-order valence-corrected chi connectivity index (χ4v) is 5.41. The first-order chi connectivity index (χ1) is 8.83. The number of rotatable bonds is 5. The van der Waals surface area contributed by atoms with Gasteiger partial charge in [0.05, 0.1) is 20.3 Å². The maximum absolute atomic E-state index is 12.7. The number of thiophene rings is 1. The van der Waals surface area contributed by atoms with Crippen LogP contribution in [0.15, 0.2) is 21.7 Å². The van der Waals surface area contributed by atoms with Crippen LogP contribution in [0.3, 0.4) is 0 Å². The molecule has 18 heavy (non-hydrogen) atoms. The average Bonchev–Trinajstić information content (AvgIpc) is 2.82. The Balaban J connectivity index is 2.07. The molecule has 0 amide bonds. The Kier molecular flexibility index (Phi) is 5.86. The first kappa shape index (κ1) is 14.2. The molecule has 4 heteroatoms. The minimum Gasteiger partial charge on any atom is -0.313 e. The first-order valence-corrected chi connectivity index (χ1v) is 9.09. The number of hydrogen-bond acceptors (Lipinski definition) is 3. The van der Waals surface area contributed by atoms with Gasteiger partial charge in [-0.1, -0.05) is 32.3 Å². The highest BCUT2D eigenvalue weighted by Crippen LogP contribution is 2.27. The van der Waals surface area contributed by atoms with Gasteiger partial charge in [0.2, 0.25) is 0 Å². The molecule has 1 aromatic rings. The zero-order valence-corrected chi connectivity index (χ0v) is 12.7.